The summed E-state index contributed by atoms with van der Waals surface area (Å²) in [5, 5.41) is 11.1. The quantitative estimate of drug-likeness (QED) is 0.438. The van der Waals surface area contributed by atoms with E-state index in [2.05, 4.69) is 0 Å². The average molecular weight is 415 g/mol. The fraction of sp³-hybridized carbons (Fsp3) is 0.150. The van der Waals surface area contributed by atoms with E-state index in [4.69, 9.17) is 25.5 Å². The van der Waals surface area contributed by atoms with Crippen molar-refractivity contribution in [3.63, 3.8) is 0 Å². The maximum atomic E-state index is 13.2. The van der Waals surface area contributed by atoms with Crippen LogP contribution in [0.3, 0.4) is 0 Å². The number of halogens is 1. The summed E-state index contributed by atoms with van der Waals surface area (Å²) in [6.07, 6.45) is 1.52. The van der Waals surface area contributed by atoms with Gasteiger partial charge in [-0.2, -0.15) is 0 Å². The third-order valence-corrected chi connectivity index (χ3v) is 4.73. The van der Waals surface area contributed by atoms with Crippen LogP contribution in [0.2, 0.25) is 5.02 Å². The Bertz CT molecular complexity index is 1070. The maximum absolute atomic E-state index is 13.2. The van der Waals surface area contributed by atoms with E-state index in [1.54, 1.807) is 24.3 Å². The van der Waals surface area contributed by atoms with E-state index in [0.29, 0.717) is 17.3 Å². The van der Waals surface area contributed by atoms with Gasteiger partial charge in [0.2, 0.25) is 6.79 Å². The average Bonchev–Trinajstić information content (AvgIpc) is 3.38. The van der Waals surface area contributed by atoms with Gasteiger partial charge in [0, 0.05) is 18.2 Å². The van der Waals surface area contributed by atoms with Crippen molar-refractivity contribution in [2.45, 2.75) is 13.1 Å². The van der Waals surface area contributed by atoms with Gasteiger partial charge in [0.15, 0.2) is 11.5 Å². The number of nitrogens with zero attached hydrogens (tertiary/aromatic N) is 2. The number of hydrogen-bond acceptors (Lipinski definition) is 6. The Morgan fingerprint density at radius 2 is 1.93 bits per heavy atom. The van der Waals surface area contributed by atoms with Gasteiger partial charge in [-0.1, -0.05) is 17.7 Å². The molecule has 3 aromatic rings. The third kappa shape index (κ3) is 4.02. The van der Waals surface area contributed by atoms with Crippen LogP contribution in [0.5, 0.6) is 11.5 Å². The molecule has 0 unspecified atom stereocenters. The number of ether oxygens (including phenoxy) is 2. The van der Waals surface area contributed by atoms with Crippen LogP contribution in [0.1, 0.15) is 21.7 Å². The highest BCUT2D eigenvalue weighted by Gasteiger charge is 2.23. The summed E-state index contributed by atoms with van der Waals surface area (Å²) in [5.41, 5.74) is 0.657. The second-order valence-electron chi connectivity index (χ2n) is 6.35. The highest BCUT2D eigenvalue weighted by atomic mass is 35.5. The Morgan fingerprint density at radius 3 is 2.69 bits per heavy atom. The van der Waals surface area contributed by atoms with Crippen LogP contribution in [-0.4, -0.2) is 22.5 Å². The van der Waals surface area contributed by atoms with E-state index >= 15 is 0 Å². The lowest BCUT2D eigenvalue weighted by molar-refractivity contribution is -0.384. The van der Waals surface area contributed by atoms with Crippen LogP contribution >= 0.6 is 11.6 Å². The molecule has 0 radical (unpaired) electrons. The minimum atomic E-state index is -0.617. The topological polar surface area (TPSA) is 95.0 Å². The number of furan rings is 1. The van der Waals surface area contributed by atoms with Crippen molar-refractivity contribution in [1.29, 1.82) is 0 Å². The SMILES string of the molecule is O=C(c1ccc(Cl)c([N+](=O)[O-])c1)N(Cc1ccc2c(c1)OCO2)Cc1ccco1. The van der Waals surface area contributed by atoms with Crippen LogP contribution in [0.15, 0.2) is 59.2 Å². The van der Waals surface area contributed by atoms with Crippen LogP contribution in [-0.2, 0) is 13.1 Å². The first kappa shape index (κ1) is 18.8. The van der Waals surface area contributed by atoms with E-state index in [1.165, 1.54) is 29.4 Å². The molecule has 29 heavy (non-hydrogen) atoms. The standard InChI is InChI=1S/C20H15ClN2O6/c21-16-5-4-14(9-17(16)23(25)26)20(24)22(11-15-2-1-7-27-15)10-13-3-6-18-19(8-13)29-12-28-18/h1-9H,10-12H2. The molecule has 1 aromatic heterocycles. The van der Waals surface area contributed by atoms with E-state index in [1.807, 2.05) is 6.07 Å². The normalized spacial score (nSPS) is 12.0. The van der Waals surface area contributed by atoms with E-state index in [0.717, 1.165) is 5.56 Å². The van der Waals surface area contributed by atoms with Crippen molar-refractivity contribution >= 4 is 23.2 Å². The van der Waals surface area contributed by atoms with Crippen LogP contribution in [0, 0.1) is 10.1 Å². The molecule has 2 aromatic carbocycles. The van der Waals surface area contributed by atoms with Crippen molar-refractivity contribution < 1.29 is 23.6 Å². The number of amides is 1. The summed E-state index contributed by atoms with van der Waals surface area (Å²) in [7, 11) is 0. The number of nitro benzene ring substituents is 1. The molecule has 4 rings (SSSR count). The zero-order chi connectivity index (χ0) is 20.4. The number of carbonyl (C=O) groups is 1. The molecule has 1 aliphatic heterocycles. The van der Waals surface area contributed by atoms with Gasteiger partial charge in [-0.25, -0.2) is 0 Å². The predicted octanol–water partition coefficient (Wildman–Crippen LogP) is 4.41. The second kappa shape index (κ2) is 7.84. The fourth-order valence-electron chi connectivity index (χ4n) is 3.02. The molecule has 0 aliphatic carbocycles. The van der Waals surface area contributed by atoms with Crippen molar-refractivity contribution in [3.8, 4) is 11.5 Å². The zero-order valence-electron chi connectivity index (χ0n) is 15.0. The molecule has 2 heterocycles. The lowest BCUT2D eigenvalue weighted by atomic mass is 10.1. The molecule has 1 aliphatic rings. The Labute approximate surface area is 170 Å². The van der Waals surface area contributed by atoms with Gasteiger partial charge in [0.05, 0.1) is 17.7 Å². The largest absolute Gasteiger partial charge is 0.467 e. The summed E-state index contributed by atoms with van der Waals surface area (Å²) in [6.45, 7) is 0.589. The predicted molar refractivity (Wildman–Crippen MR) is 103 cm³/mol. The highest BCUT2D eigenvalue weighted by Crippen LogP contribution is 2.33. The van der Waals surface area contributed by atoms with Crippen molar-refractivity contribution in [1.82, 2.24) is 4.90 Å². The number of benzene rings is 2. The number of rotatable bonds is 6. The summed E-state index contributed by atoms with van der Waals surface area (Å²) < 4.78 is 16.1. The number of carbonyl (C=O) groups excluding carboxylic acids is 1. The summed E-state index contributed by atoms with van der Waals surface area (Å²) in [6, 6.07) is 12.9. The lowest BCUT2D eigenvalue weighted by Gasteiger charge is -2.22. The highest BCUT2D eigenvalue weighted by molar-refractivity contribution is 6.32. The first-order valence-corrected chi connectivity index (χ1v) is 9.03. The van der Waals surface area contributed by atoms with Gasteiger partial charge < -0.3 is 18.8 Å². The molecule has 0 fully saturated rings. The molecule has 0 bridgehead atoms. The monoisotopic (exact) mass is 414 g/mol. The molecular weight excluding hydrogens is 400 g/mol. The molecule has 0 saturated heterocycles. The Kier molecular flexibility index (Phi) is 5.09. The van der Waals surface area contributed by atoms with E-state index < -0.39 is 4.92 Å². The maximum Gasteiger partial charge on any atom is 0.288 e. The first-order valence-electron chi connectivity index (χ1n) is 8.65. The van der Waals surface area contributed by atoms with Gasteiger partial charge in [0.1, 0.15) is 10.8 Å². The van der Waals surface area contributed by atoms with Crippen LogP contribution in [0.25, 0.3) is 0 Å². The van der Waals surface area contributed by atoms with Crippen LogP contribution in [0.4, 0.5) is 5.69 Å². The van der Waals surface area contributed by atoms with Gasteiger partial charge in [0.25, 0.3) is 11.6 Å². The Morgan fingerprint density at radius 1 is 1.10 bits per heavy atom. The molecule has 8 nitrogen and oxygen atoms in total. The lowest BCUT2D eigenvalue weighted by Crippen LogP contribution is -2.30. The summed E-state index contributed by atoms with van der Waals surface area (Å²) in [5.74, 6) is 1.45. The van der Waals surface area contributed by atoms with Crippen molar-refractivity contribution in [2.24, 2.45) is 0 Å². The molecule has 0 N–H and O–H groups in total. The van der Waals surface area contributed by atoms with Crippen molar-refractivity contribution in [3.05, 3.63) is 86.8 Å². The van der Waals surface area contributed by atoms with Gasteiger partial charge >= 0.3 is 0 Å². The zero-order valence-corrected chi connectivity index (χ0v) is 15.8. The first-order chi connectivity index (χ1) is 14.0. The number of nitro groups is 1. The van der Waals surface area contributed by atoms with E-state index in [-0.39, 0.29) is 42.1 Å². The molecule has 9 heteroatoms. The van der Waals surface area contributed by atoms with Gasteiger partial charge in [-0.3, -0.25) is 14.9 Å². The summed E-state index contributed by atoms with van der Waals surface area (Å²) >= 11 is 5.87. The molecular formula is C20H15ClN2O6. The smallest absolute Gasteiger partial charge is 0.288 e. The van der Waals surface area contributed by atoms with Crippen LogP contribution < -0.4 is 9.47 Å². The minimum Gasteiger partial charge on any atom is -0.467 e. The fourth-order valence-corrected chi connectivity index (χ4v) is 3.20. The Hall–Kier alpha value is -3.52. The number of fused-ring (bicyclic) bond motifs is 1. The van der Waals surface area contributed by atoms with Gasteiger partial charge in [-0.05, 0) is 42.0 Å². The molecule has 0 spiro atoms. The third-order valence-electron chi connectivity index (χ3n) is 4.41. The second-order valence-corrected chi connectivity index (χ2v) is 6.76. The minimum absolute atomic E-state index is 0.0279. The molecule has 0 atom stereocenters. The number of hydrogen-bond donors (Lipinski definition) is 0. The molecule has 0 saturated carbocycles. The van der Waals surface area contributed by atoms with E-state index in [9.17, 15) is 14.9 Å². The molecule has 148 valence electrons. The molecule has 1 amide bonds. The van der Waals surface area contributed by atoms with Gasteiger partial charge in [-0.15, -0.1) is 0 Å². The summed E-state index contributed by atoms with van der Waals surface area (Å²) in [4.78, 5) is 25.2. The van der Waals surface area contributed by atoms with Crippen molar-refractivity contribution in [2.75, 3.05) is 6.79 Å². The Balaban J connectivity index is 1.64.